The molecule has 1 aromatic carbocycles. The van der Waals surface area contributed by atoms with Gasteiger partial charge in [-0.1, -0.05) is 31.5 Å². The zero-order chi connectivity index (χ0) is 15.4. The van der Waals surface area contributed by atoms with E-state index >= 15 is 0 Å². The molecule has 0 spiro atoms. The van der Waals surface area contributed by atoms with Gasteiger partial charge in [-0.2, -0.15) is 5.10 Å². The van der Waals surface area contributed by atoms with E-state index in [-0.39, 0.29) is 5.56 Å². The summed E-state index contributed by atoms with van der Waals surface area (Å²) in [6.45, 7) is 4.62. The van der Waals surface area contributed by atoms with Crippen molar-refractivity contribution < 1.29 is 9.90 Å². The fraction of sp³-hybridized carbons (Fsp3) is 0.375. The maximum atomic E-state index is 11.6. The van der Waals surface area contributed by atoms with Crippen molar-refractivity contribution >= 4 is 17.5 Å². The van der Waals surface area contributed by atoms with Crippen LogP contribution in [0, 0.1) is 6.92 Å². The number of unbranched alkanes of at least 4 members (excludes halogenated alkanes) is 1. The number of carboxylic acids is 1. The molecule has 0 fully saturated rings. The van der Waals surface area contributed by atoms with Gasteiger partial charge in [0.15, 0.2) is 0 Å². The zero-order valence-corrected chi connectivity index (χ0v) is 12.7. The molecule has 0 amide bonds. The van der Waals surface area contributed by atoms with Crippen LogP contribution in [-0.2, 0) is 7.05 Å². The number of aromatic nitrogens is 2. The standard InChI is InChI=1S/C16H21N3O2/c1-4-5-11-19(13-9-7-6-8-10-13)15-14(16(20)21)12(2)17-18(15)3/h6-10H,4-5,11H2,1-3H3,(H,20,21). The highest BCUT2D eigenvalue weighted by atomic mass is 16.4. The van der Waals surface area contributed by atoms with Crippen molar-refractivity contribution in [1.82, 2.24) is 9.78 Å². The van der Waals surface area contributed by atoms with E-state index in [4.69, 9.17) is 0 Å². The molecule has 0 aliphatic carbocycles. The number of benzene rings is 1. The molecule has 0 bridgehead atoms. The van der Waals surface area contributed by atoms with Crippen LogP contribution in [0.25, 0.3) is 0 Å². The van der Waals surface area contributed by atoms with E-state index < -0.39 is 5.97 Å². The topological polar surface area (TPSA) is 58.4 Å². The predicted octanol–water partition coefficient (Wildman–Crippen LogP) is 3.36. The van der Waals surface area contributed by atoms with Crippen molar-refractivity contribution in [3.05, 3.63) is 41.6 Å². The van der Waals surface area contributed by atoms with Crippen LogP contribution >= 0.6 is 0 Å². The van der Waals surface area contributed by atoms with Crippen LogP contribution in [0.15, 0.2) is 30.3 Å². The first-order valence-corrected chi connectivity index (χ1v) is 7.15. The molecule has 2 rings (SSSR count). The summed E-state index contributed by atoms with van der Waals surface area (Å²) in [5.41, 5.74) is 1.80. The van der Waals surface area contributed by atoms with E-state index in [0.717, 1.165) is 25.1 Å². The van der Waals surface area contributed by atoms with E-state index in [0.29, 0.717) is 11.5 Å². The van der Waals surface area contributed by atoms with Gasteiger partial charge in [0.1, 0.15) is 11.4 Å². The highest BCUT2D eigenvalue weighted by Gasteiger charge is 2.24. The summed E-state index contributed by atoms with van der Waals surface area (Å²) < 4.78 is 1.65. The number of carboxylic acid groups (broad SMARTS) is 1. The molecular formula is C16H21N3O2. The Kier molecular flexibility index (Phi) is 4.62. The SMILES string of the molecule is CCCCN(c1ccccc1)c1c(C(=O)O)c(C)nn1C. The van der Waals surface area contributed by atoms with Gasteiger partial charge in [-0.15, -0.1) is 0 Å². The van der Waals surface area contributed by atoms with Crippen LogP contribution in [0.5, 0.6) is 0 Å². The Morgan fingerprint density at radius 1 is 1.33 bits per heavy atom. The lowest BCUT2D eigenvalue weighted by atomic mass is 10.2. The number of anilines is 2. The summed E-state index contributed by atoms with van der Waals surface area (Å²) >= 11 is 0. The molecule has 0 saturated heterocycles. The number of nitrogens with zero attached hydrogens (tertiary/aromatic N) is 3. The van der Waals surface area contributed by atoms with Crippen molar-refractivity contribution in [3.8, 4) is 0 Å². The van der Waals surface area contributed by atoms with Crippen LogP contribution in [0.3, 0.4) is 0 Å². The summed E-state index contributed by atoms with van der Waals surface area (Å²) in [5.74, 6) is -0.298. The number of rotatable bonds is 6. The minimum Gasteiger partial charge on any atom is -0.477 e. The molecule has 2 aromatic rings. The van der Waals surface area contributed by atoms with Gasteiger partial charge >= 0.3 is 5.97 Å². The maximum Gasteiger partial charge on any atom is 0.341 e. The molecule has 0 unspecified atom stereocenters. The predicted molar refractivity (Wildman–Crippen MR) is 83.3 cm³/mol. The number of aryl methyl sites for hydroxylation is 2. The van der Waals surface area contributed by atoms with Gasteiger partial charge in [0.05, 0.1) is 5.69 Å². The average molecular weight is 287 g/mol. The molecule has 0 aliphatic heterocycles. The fourth-order valence-corrected chi connectivity index (χ4v) is 2.49. The quantitative estimate of drug-likeness (QED) is 0.885. The molecule has 1 heterocycles. The summed E-state index contributed by atoms with van der Waals surface area (Å²) in [4.78, 5) is 13.6. The lowest BCUT2D eigenvalue weighted by Gasteiger charge is -2.25. The van der Waals surface area contributed by atoms with Crippen LogP contribution < -0.4 is 4.90 Å². The van der Waals surface area contributed by atoms with Crippen molar-refractivity contribution in [2.75, 3.05) is 11.4 Å². The monoisotopic (exact) mass is 287 g/mol. The highest BCUT2D eigenvalue weighted by Crippen LogP contribution is 2.30. The highest BCUT2D eigenvalue weighted by molar-refractivity contribution is 5.95. The number of hydrogen-bond acceptors (Lipinski definition) is 3. The van der Waals surface area contributed by atoms with Gasteiger partial charge in [0.2, 0.25) is 0 Å². The largest absolute Gasteiger partial charge is 0.477 e. The van der Waals surface area contributed by atoms with Gasteiger partial charge in [0, 0.05) is 19.3 Å². The van der Waals surface area contributed by atoms with Crippen molar-refractivity contribution in [1.29, 1.82) is 0 Å². The maximum absolute atomic E-state index is 11.6. The molecule has 0 atom stereocenters. The minimum atomic E-state index is -0.937. The summed E-state index contributed by atoms with van der Waals surface area (Å²) in [6, 6.07) is 9.84. The van der Waals surface area contributed by atoms with E-state index in [1.54, 1.807) is 18.7 Å². The first-order chi connectivity index (χ1) is 10.1. The summed E-state index contributed by atoms with van der Waals surface area (Å²) in [6.07, 6.45) is 2.03. The third kappa shape index (κ3) is 3.07. The first-order valence-electron chi connectivity index (χ1n) is 7.15. The average Bonchev–Trinajstić information content (AvgIpc) is 2.75. The molecule has 112 valence electrons. The van der Waals surface area contributed by atoms with Gasteiger partial charge in [0.25, 0.3) is 0 Å². The number of hydrogen-bond donors (Lipinski definition) is 1. The van der Waals surface area contributed by atoms with Gasteiger partial charge < -0.3 is 10.0 Å². The lowest BCUT2D eigenvalue weighted by molar-refractivity contribution is 0.0697. The third-order valence-electron chi connectivity index (χ3n) is 3.46. The van der Waals surface area contributed by atoms with E-state index in [9.17, 15) is 9.90 Å². The zero-order valence-electron chi connectivity index (χ0n) is 12.7. The first kappa shape index (κ1) is 15.1. The Morgan fingerprint density at radius 3 is 2.57 bits per heavy atom. The number of para-hydroxylation sites is 1. The molecule has 5 heteroatoms. The second-order valence-corrected chi connectivity index (χ2v) is 5.05. The molecule has 1 N–H and O–H groups in total. The molecule has 21 heavy (non-hydrogen) atoms. The molecule has 1 aromatic heterocycles. The van der Waals surface area contributed by atoms with Crippen molar-refractivity contribution in [2.24, 2.45) is 7.05 Å². The third-order valence-corrected chi connectivity index (χ3v) is 3.46. The molecule has 0 aliphatic rings. The molecule has 0 saturated carbocycles. The second-order valence-electron chi connectivity index (χ2n) is 5.05. The number of carbonyl (C=O) groups is 1. The van der Waals surface area contributed by atoms with E-state index in [1.807, 2.05) is 35.2 Å². The van der Waals surface area contributed by atoms with Crippen molar-refractivity contribution in [2.45, 2.75) is 26.7 Å². The Morgan fingerprint density at radius 2 is 2.00 bits per heavy atom. The molecule has 0 radical (unpaired) electrons. The normalized spacial score (nSPS) is 10.6. The number of aromatic carboxylic acids is 1. The van der Waals surface area contributed by atoms with E-state index in [2.05, 4.69) is 12.0 Å². The van der Waals surface area contributed by atoms with Gasteiger partial charge in [-0.25, -0.2) is 4.79 Å². The Bertz CT molecular complexity index is 620. The Hall–Kier alpha value is -2.30. The minimum absolute atomic E-state index is 0.275. The van der Waals surface area contributed by atoms with Crippen LogP contribution in [0.1, 0.15) is 35.8 Å². The van der Waals surface area contributed by atoms with Gasteiger partial charge in [-0.3, -0.25) is 4.68 Å². The van der Waals surface area contributed by atoms with Crippen molar-refractivity contribution in [3.63, 3.8) is 0 Å². The summed E-state index contributed by atoms with van der Waals surface area (Å²) in [7, 11) is 1.79. The van der Waals surface area contributed by atoms with Crippen LogP contribution in [0.2, 0.25) is 0 Å². The smallest absolute Gasteiger partial charge is 0.341 e. The lowest BCUT2D eigenvalue weighted by Crippen LogP contribution is -2.23. The molecule has 5 nitrogen and oxygen atoms in total. The molecular weight excluding hydrogens is 266 g/mol. The Balaban J connectivity index is 2.54. The second kappa shape index (κ2) is 6.43. The summed E-state index contributed by atoms with van der Waals surface area (Å²) in [5, 5.41) is 13.8. The van der Waals surface area contributed by atoms with Crippen LogP contribution in [-0.4, -0.2) is 27.4 Å². The Labute approximate surface area is 124 Å². The van der Waals surface area contributed by atoms with Crippen LogP contribution in [0.4, 0.5) is 11.5 Å². The van der Waals surface area contributed by atoms with E-state index in [1.165, 1.54) is 0 Å². The van der Waals surface area contributed by atoms with Gasteiger partial charge in [-0.05, 0) is 25.5 Å². The fourth-order valence-electron chi connectivity index (χ4n) is 2.49.